The van der Waals surface area contributed by atoms with Gasteiger partial charge in [-0.05, 0) is 48.2 Å². The van der Waals surface area contributed by atoms with E-state index in [-0.39, 0.29) is 23.9 Å². The van der Waals surface area contributed by atoms with Crippen LogP contribution >= 0.6 is 0 Å². The molecule has 31 heavy (non-hydrogen) atoms. The zero-order valence-electron chi connectivity index (χ0n) is 17.4. The molecule has 3 unspecified atom stereocenters. The number of hydrogen-bond donors (Lipinski definition) is 1. The molecule has 1 fully saturated rings. The number of rotatable bonds is 2. The highest BCUT2D eigenvalue weighted by molar-refractivity contribution is 6.07. The summed E-state index contributed by atoms with van der Waals surface area (Å²) in [7, 11) is 1.66. The molecule has 158 valence electrons. The maximum Gasteiger partial charge on any atom is 0.261 e. The molecule has 3 atom stereocenters. The van der Waals surface area contributed by atoms with Crippen LogP contribution in [0.1, 0.15) is 30.4 Å². The highest BCUT2D eigenvalue weighted by atomic mass is 16.5. The van der Waals surface area contributed by atoms with Crippen molar-refractivity contribution < 1.29 is 14.3 Å². The first kappa shape index (κ1) is 19.6. The van der Waals surface area contributed by atoms with E-state index >= 15 is 0 Å². The minimum absolute atomic E-state index is 0.140. The van der Waals surface area contributed by atoms with Crippen LogP contribution in [-0.2, 0) is 15.1 Å². The Hall–Kier alpha value is -3.37. The minimum Gasteiger partial charge on any atom is -0.490 e. The van der Waals surface area contributed by atoms with E-state index in [1.54, 1.807) is 13.1 Å². The Morgan fingerprint density at radius 2 is 2.10 bits per heavy atom. The van der Waals surface area contributed by atoms with Gasteiger partial charge in [-0.25, -0.2) is 4.99 Å². The van der Waals surface area contributed by atoms with E-state index in [4.69, 9.17) is 20.2 Å². The van der Waals surface area contributed by atoms with Gasteiger partial charge in [0.25, 0.3) is 5.91 Å². The average molecular weight is 416 g/mol. The van der Waals surface area contributed by atoms with Crippen molar-refractivity contribution in [1.29, 1.82) is 5.26 Å². The molecule has 7 heteroatoms. The van der Waals surface area contributed by atoms with E-state index in [9.17, 15) is 10.1 Å². The number of nitrogens with two attached hydrogens (primary N) is 1. The SMILES string of the molecule is CN1C(=O)C2(CC(C3CCCOC3)Oc3ccc(-c4cccc(C#N)c4)cc32)N=C1N. The summed E-state index contributed by atoms with van der Waals surface area (Å²) in [4.78, 5) is 19.6. The largest absolute Gasteiger partial charge is 0.490 e. The zero-order chi connectivity index (χ0) is 21.6. The predicted octanol–water partition coefficient (Wildman–Crippen LogP) is 2.78. The van der Waals surface area contributed by atoms with Crippen molar-refractivity contribution in [3.63, 3.8) is 0 Å². The molecule has 0 saturated carbocycles. The van der Waals surface area contributed by atoms with Crippen LogP contribution in [0.15, 0.2) is 47.5 Å². The number of nitriles is 1. The standard InChI is InChI=1S/C24H24N4O3/c1-28-22(29)24(27-23(28)26)12-21(18-6-3-9-30-14-18)31-20-8-7-17(11-19(20)24)16-5-2-4-15(10-16)13-25/h2,4-5,7-8,10-11,18,21H,3,6,9,12,14H2,1H3,(H2,26,27). The number of amides is 1. The van der Waals surface area contributed by atoms with Gasteiger partial charge >= 0.3 is 0 Å². The fraction of sp³-hybridized carbons (Fsp3) is 0.375. The van der Waals surface area contributed by atoms with Crippen molar-refractivity contribution >= 4 is 11.9 Å². The second kappa shape index (κ2) is 7.40. The number of likely N-dealkylation sites (N-methyl/N-ethyl adjacent to an activating group) is 1. The molecule has 5 rings (SSSR count). The van der Waals surface area contributed by atoms with E-state index in [2.05, 4.69) is 6.07 Å². The molecular weight excluding hydrogens is 392 g/mol. The fourth-order valence-corrected chi connectivity index (χ4v) is 4.84. The quantitative estimate of drug-likeness (QED) is 0.811. The summed E-state index contributed by atoms with van der Waals surface area (Å²) in [5, 5.41) is 9.25. The molecule has 1 saturated heterocycles. The predicted molar refractivity (Wildman–Crippen MR) is 115 cm³/mol. The Labute approximate surface area is 181 Å². The monoisotopic (exact) mass is 416 g/mol. The van der Waals surface area contributed by atoms with Crippen LogP contribution in [-0.4, -0.2) is 43.1 Å². The lowest BCUT2D eigenvalue weighted by molar-refractivity contribution is -0.133. The number of nitrogens with zero attached hydrogens (tertiary/aromatic N) is 3. The van der Waals surface area contributed by atoms with E-state index in [0.29, 0.717) is 24.3 Å². The summed E-state index contributed by atoms with van der Waals surface area (Å²) in [5.74, 6) is 0.940. The Kier molecular flexibility index (Phi) is 4.67. The molecule has 0 bridgehead atoms. The number of carbonyl (C=O) groups is 1. The molecule has 0 radical (unpaired) electrons. The first-order valence-electron chi connectivity index (χ1n) is 10.5. The van der Waals surface area contributed by atoms with Crippen LogP contribution in [0, 0.1) is 17.2 Å². The van der Waals surface area contributed by atoms with Crippen molar-refractivity contribution in [2.75, 3.05) is 20.3 Å². The highest BCUT2D eigenvalue weighted by Crippen LogP contribution is 2.48. The maximum absolute atomic E-state index is 13.4. The maximum atomic E-state index is 13.4. The van der Waals surface area contributed by atoms with Crippen LogP contribution in [0.5, 0.6) is 5.75 Å². The molecule has 1 amide bonds. The van der Waals surface area contributed by atoms with E-state index in [1.807, 2.05) is 36.4 Å². The fourth-order valence-electron chi connectivity index (χ4n) is 4.84. The van der Waals surface area contributed by atoms with Gasteiger partial charge in [0.15, 0.2) is 11.5 Å². The summed E-state index contributed by atoms with van der Waals surface area (Å²) in [6.07, 6.45) is 2.24. The average Bonchev–Trinajstić information content (AvgIpc) is 3.03. The number of fused-ring (bicyclic) bond motifs is 2. The molecule has 3 aliphatic heterocycles. The third-order valence-corrected chi connectivity index (χ3v) is 6.55. The van der Waals surface area contributed by atoms with Gasteiger partial charge in [-0.1, -0.05) is 18.2 Å². The topological polar surface area (TPSA) is 101 Å². The molecule has 0 aromatic heterocycles. The van der Waals surface area contributed by atoms with Crippen molar-refractivity contribution in [3.8, 4) is 22.9 Å². The van der Waals surface area contributed by atoms with Gasteiger partial charge in [0.1, 0.15) is 11.9 Å². The Morgan fingerprint density at radius 1 is 1.26 bits per heavy atom. The molecule has 2 aromatic rings. The Morgan fingerprint density at radius 3 is 2.81 bits per heavy atom. The Balaban J connectivity index is 1.62. The second-order valence-corrected chi connectivity index (χ2v) is 8.44. The molecule has 3 aliphatic rings. The number of hydrogen-bond acceptors (Lipinski definition) is 6. The normalized spacial score (nSPS) is 27.4. The van der Waals surface area contributed by atoms with Crippen LogP contribution in [0.25, 0.3) is 11.1 Å². The lowest BCUT2D eigenvalue weighted by Gasteiger charge is -2.40. The summed E-state index contributed by atoms with van der Waals surface area (Å²) in [6, 6.07) is 15.4. The van der Waals surface area contributed by atoms with Gasteiger partial charge in [-0.15, -0.1) is 0 Å². The molecule has 1 spiro atoms. The molecular formula is C24H24N4O3. The number of ether oxygens (including phenoxy) is 2. The highest BCUT2D eigenvalue weighted by Gasteiger charge is 2.54. The lowest BCUT2D eigenvalue weighted by atomic mass is 9.77. The lowest BCUT2D eigenvalue weighted by Crippen LogP contribution is -2.48. The summed E-state index contributed by atoms with van der Waals surface area (Å²) >= 11 is 0. The molecule has 7 nitrogen and oxygen atoms in total. The third kappa shape index (κ3) is 3.15. The molecule has 2 N–H and O–H groups in total. The van der Waals surface area contributed by atoms with Crippen molar-refractivity contribution in [2.45, 2.75) is 30.9 Å². The van der Waals surface area contributed by atoms with E-state index < -0.39 is 5.54 Å². The van der Waals surface area contributed by atoms with Crippen molar-refractivity contribution in [1.82, 2.24) is 4.90 Å². The van der Waals surface area contributed by atoms with Crippen LogP contribution < -0.4 is 10.5 Å². The second-order valence-electron chi connectivity index (χ2n) is 8.44. The summed E-state index contributed by atoms with van der Waals surface area (Å²) in [6.45, 7) is 1.39. The molecule has 3 heterocycles. The van der Waals surface area contributed by atoms with Gasteiger partial charge in [-0.3, -0.25) is 9.69 Å². The van der Waals surface area contributed by atoms with E-state index in [1.165, 1.54) is 4.90 Å². The van der Waals surface area contributed by atoms with Crippen molar-refractivity contribution in [3.05, 3.63) is 53.6 Å². The third-order valence-electron chi connectivity index (χ3n) is 6.55. The van der Waals surface area contributed by atoms with Crippen LogP contribution in [0.2, 0.25) is 0 Å². The molecule has 0 aliphatic carbocycles. The first-order chi connectivity index (χ1) is 15.0. The minimum atomic E-state index is -1.10. The van der Waals surface area contributed by atoms with Gasteiger partial charge < -0.3 is 15.2 Å². The van der Waals surface area contributed by atoms with Gasteiger partial charge in [0.2, 0.25) is 0 Å². The van der Waals surface area contributed by atoms with Gasteiger partial charge in [-0.2, -0.15) is 5.26 Å². The van der Waals surface area contributed by atoms with Crippen LogP contribution in [0.4, 0.5) is 0 Å². The van der Waals surface area contributed by atoms with E-state index in [0.717, 1.165) is 36.1 Å². The zero-order valence-corrected chi connectivity index (χ0v) is 17.4. The smallest absolute Gasteiger partial charge is 0.261 e. The number of carbonyl (C=O) groups excluding carboxylic acids is 1. The summed E-state index contributed by atoms with van der Waals surface area (Å²) in [5.41, 5.74) is 8.09. The Bertz CT molecular complexity index is 1120. The van der Waals surface area contributed by atoms with Gasteiger partial charge in [0.05, 0.1) is 18.2 Å². The number of aliphatic imine (C=N–C) groups is 1. The van der Waals surface area contributed by atoms with Crippen LogP contribution in [0.3, 0.4) is 0 Å². The van der Waals surface area contributed by atoms with Crippen molar-refractivity contribution in [2.24, 2.45) is 16.6 Å². The number of benzene rings is 2. The number of guanidine groups is 1. The first-order valence-corrected chi connectivity index (χ1v) is 10.5. The molecule has 2 aromatic carbocycles. The van der Waals surface area contributed by atoms with Gasteiger partial charge in [0, 0.05) is 31.6 Å². The summed E-state index contributed by atoms with van der Waals surface area (Å²) < 4.78 is 12.1.